The van der Waals surface area contributed by atoms with Crippen molar-refractivity contribution in [3.8, 4) is 0 Å². The van der Waals surface area contributed by atoms with Gasteiger partial charge in [0, 0.05) is 30.8 Å². The lowest BCUT2D eigenvalue weighted by atomic mass is 9.98. The second-order valence-corrected chi connectivity index (χ2v) is 9.54. The van der Waals surface area contributed by atoms with Crippen LogP contribution in [-0.2, 0) is 16.4 Å². The highest BCUT2D eigenvalue weighted by molar-refractivity contribution is 7.90. The minimum Gasteiger partial charge on any atom is -0.423 e. The Morgan fingerprint density at radius 1 is 1.20 bits per heavy atom. The summed E-state index contributed by atoms with van der Waals surface area (Å²) in [5, 5.41) is 0.966. The van der Waals surface area contributed by atoms with Crippen molar-refractivity contribution in [2.24, 2.45) is 5.92 Å². The monoisotopic (exact) mass is 363 g/mol. The van der Waals surface area contributed by atoms with Gasteiger partial charge < -0.3 is 4.42 Å². The lowest BCUT2D eigenvalue weighted by molar-refractivity contribution is 0.178. The van der Waals surface area contributed by atoms with Gasteiger partial charge in [-0.15, -0.1) is 0 Å². The summed E-state index contributed by atoms with van der Waals surface area (Å²) in [6, 6.07) is 5.55. The van der Waals surface area contributed by atoms with Gasteiger partial charge in [0.15, 0.2) is 0 Å². The van der Waals surface area contributed by atoms with E-state index in [-0.39, 0.29) is 17.3 Å². The van der Waals surface area contributed by atoms with E-state index >= 15 is 0 Å². The first-order valence-electron chi connectivity index (χ1n) is 8.65. The molecule has 136 valence electrons. The number of benzene rings is 1. The highest BCUT2D eigenvalue weighted by Gasteiger charge is 2.24. The summed E-state index contributed by atoms with van der Waals surface area (Å²) in [7, 11) is -2.96. The molecule has 1 fully saturated rings. The van der Waals surface area contributed by atoms with Crippen LogP contribution in [0.5, 0.6) is 0 Å². The third kappa shape index (κ3) is 4.50. The number of rotatable bonds is 4. The number of piperidine rings is 1. The van der Waals surface area contributed by atoms with Crippen LogP contribution in [0.15, 0.2) is 27.4 Å². The van der Waals surface area contributed by atoms with Crippen molar-refractivity contribution in [2.75, 3.05) is 25.1 Å². The molecule has 0 aliphatic carbocycles. The SMILES string of the molecule is Cc1cc2oc(=O)cc(CN3CCCC(CS(C)(=O)=O)C3)c2cc1C. The van der Waals surface area contributed by atoms with Gasteiger partial charge in [-0.05, 0) is 68.0 Å². The van der Waals surface area contributed by atoms with E-state index in [0.717, 1.165) is 48.0 Å². The molecule has 1 saturated heterocycles. The molecule has 1 aliphatic heterocycles. The number of sulfone groups is 1. The van der Waals surface area contributed by atoms with Gasteiger partial charge in [0.05, 0.1) is 5.75 Å². The number of hydrogen-bond acceptors (Lipinski definition) is 5. The molecule has 0 bridgehead atoms. The Labute approximate surface area is 148 Å². The summed E-state index contributed by atoms with van der Waals surface area (Å²) < 4.78 is 28.5. The zero-order valence-corrected chi connectivity index (χ0v) is 15.9. The fourth-order valence-corrected chi connectivity index (χ4v) is 4.84. The maximum Gasteiger partial charge on any atom is 0.336 e. The van der Waals surface area contributed by atoms with Crippen molar-refractivity contribution < 1.29 is 12.8 Å². The topological polar surface area (TPSA) is 67.6 Å². The first kappa shape index (κ1) is 18.1. The van der Waals surface area contributed by atoms with Crippen molar-refractivity contribution in [1.29, 1.82) is 0 Å². The fraction of sp³-hybridized carbons (Fsp3) is 0.526. The summed E-state index contributed by atoms with van der Waals surface area (Å²) in [4.78, 5) is 14.2. The summed E-state index contributed by atoms with van der Waals surface area (Å²) in [5.41, 5.74) is 3.50. The van der Waals surface area contributed by atoms with E-state index < -0.39 is 9.84 Å². The number of fused-ring (bicyclic) bond motifs is 1. The average molecular weight is 363 g/mol. The van der Waals surface area contributed by atoms with E-state index in [2.05, 4.69) is 11.0 Å². The Morgan fingerprint density at radius 2 is 1.92 bits per heavy atom. The van der Waals surface area contributed by atoms with Crippen LogP contribution in [-0.4, -0.2) is 38.4 Å². The van der Waals surface area contributed by atoms with Crippen LogP contribution in [0, 0.1) is 19.8 Å². The summed E-state index contributed by atoms with van der Waals surface area (Å²) in [5.74, 6) is 0.401. The van der Waals surface area contributed by atoms with Crippen molar-refractivity contribution >= 4 is 20.8 Å². The standard InChI is InChI=1S/C19H25NO4S/c1-13-7-17-16(9-19(21)24-18(17)8-14(13)2)11-20-6-4-5-15(10-20)12-25(3,22)23/h7-9,15H,4-6,10-12H2,1-3H3. The largest absolute Gasteiger partial charge is 0.423 e. The van der Waals surface area contributed by atoms with Gasteiger partial charge in [-0.2, -0.15) is 0 Å². The third-order valence-electron chi connectivity index (χ3n) is 4.98. The number of hydrogen-bond donors (Lipinski definition) is 0. The van der Waals surface area contributed by atoms with E-state index in [9.17, 15) is 13.2 Å². The van der Waals surface area contributed by atoms with E-state index in [0.29, 0.717) is 12.1 Å². The van der Waals surface area contributed by atoms with Gasteiger partial charge in [-0.25, -0.2) is 13.2 Å². The number of nitrogens with zero attached hydrogens (tertiary/aromatic N) is 1. The molecule has 1 aromatic heterocycles. The van der Waals surface area contributed by atoms with Gasteiger partial charge >= 0.3 is 5.63 Å². The van der Waals surface area contributed by atoms with Crippen LogP contribution in [0.25, 0.3) is 11.0 Å². The summed E-state index contributed by atoms with van der Waals surface area (Å²) >= 11 is 0. The highest BCUT2D eigenvalue weighted by atomic mass is 32.2. The molecule has 5 nitrogen and oxygen atoms in total. The van der Waals surface area contributed by atoms with Crippen molar-refractivity contribution in [1.82, 2.24) is 4.90 Å². The molecular formula is C19H25NO4S. The zero-order valence-electron chi connectivity index (χ0n) is 15.0. The molecule has 1 atom stereocenters. The normalized spacial score (nSPS) is 19.4. The molecule has 0 amide bonds. The second-order valence-electron chi connectivity index (χ2n) is 7.36. The maximum absolute atomic E-state index is 11.9. The molecule has 2 heterocycles. The van der Waals surface area contributed by atoms with Gasteiger partial charge in [-0.3, -0.25) is 4.90 Å². The zero-order chi connectivity index (χ0) is 18.2. The Balaban J connectivity index is 1.87. The molecule has 0 spiro atoms. The molecular weight excluding hydrogens is 338 g/mol. The molecule has 2 aromatic rings. The Hall–Kier alpha value is -1.66. The molecule has 3 rings (SSSR count). The summed E-state index contributed by atoms with van der Waals surface area (Å²) in [6.07, 6.45) is 3.23. The lowest BCUT2D eigenvalue weighted by Crippen LogP contribution is -2.37. The third-order valence-corrected chi connectivity index (χ3v) is 6.06. The maximum atomic E-state index is 11.9. The fourth-order valence-electron chi connectivity index (χ4n) is 3.71. The molecule has 1 aromatic carbocycles. The number of likely N-dealkylation sites (tertiary alicyclic amines) is 1. The first-order valence-corrected chi connectivity index (χ1v) is 10.7. The Morgan fingerprint density at radius 3 is 2.64 bits per heavy atom. The Kier molecular flexibility index (Phi) is 5.02. The minimum absolute atomic E-state index is 0.166. The quantitative estimate of drug-likeness (QED) is 0.781. The van der Waals surface area contributed by atoms with Crippen LogP contribution in [0.3, 0.4) is 0 Å². The molecule has 1 aliphatic rings. The van der Waals surface area contributed by atoms with Crippen LogP contribution >= 0.6 is 0 Å². The minimum atomic E-state index is -2.96. The molecule has 0 saturated carbocycles. The lowest BCUT2D eigenvalue weighted by Gasteiger charge is -2.32. The smallest absolute Gasteiger partial charge is 0.336 e. The van der Waals surface area contributed by atoms with Crippen molar-refractivity contribution in [2.45, 2.75) is 33.2 Å². The van der Waals surface area contributed by atoms with Gasteiger partial charge in [-0.1, -0.05) is 0 Å². The molecule has 0 radical (unpaired) electrons. The van der Waals surface area contributed by atoms with E-state index in [4.69, 9.17) is 4.42 Å². The van der Waals surface area contributed by atoms with Gasteiger partial charge in [0.25, 0.3) is 0 Å². The first-order chi connectivity index (χ1) is 11.7. The second kappa shape index (κ2) is 6.92. The van der Waals surface area contributed by atoms with Crippen LogP contribution in [0.4, 0.5) is 0 Å². The highest BCUT2D eigenvalue weighted by Crippen LogP contribution is 2.25. The number of aryl methyl sites for hydroxylation is 2. The molecule has 25 heavy (non-hydrogen) atoms. The van der Waals surface area contributed by atoms with Crippen LogP contribution < -0.4 is 5.63 Å². The van der Waals surface area contributed by atoms with Crippen LogP contribution in [0.1, 0.15) is 29.5 Å². The molecule has 0 N–H and O–H groups in total. The summed E-state index contributed by atoms with van der Waals surface area (Å²) in [6.45, 7) is 6.37. The predicted octanol–water partition coefficient (Wildman–Crippen LogP) is 2.67. The van der Waals surface area contributed by atoms with E-state index in [1.165, 1.54) is 6.26 Å². The van der Waals surface area contributed by atoms with Crippen molar-refractivity contribution in [3.05, 3.63) is 45.3 Å². The van der Waals surface area contributed by atoms with E-state index in [1.807, 2.05) is 19.9 Å². The van der Waals surface area contributed by atoms with Gasteiger partial charge in [0.1, 0.15) is 15.4 Å². The van der Waals surface area contributed by atoms with Gasteiger partial charge in [0.2, 0.25) is 0 Å². The van der Waals surface area contributed by atoms with Crippen molar-refractivity contribution in [3.63, 3.8) is 0 Å². The molecule has 1 unspecified atom stereocenters. The molecule has 6 heteroatoms. The average Bonchev–Trinajstić information content (AvgIpc) is 2.48. The Bertz CT molecular complexity index is 946. The van der Waals surface area contributed by atoms with E-state index in [1.54, 1.807) is 6.07 Å². The van der Waals surface area contributed by atoms with Crippen LogP contribution in [0.2, 0.25) is 0 Å². The predicted molar refractivity (Wildman–Crippen MR) is 99.7 cm³/mol.